The molecule has 88 valence electrons. The summed E-state index contributed by atoms with van der Waals surface area (Å²) < 4.78 is 0. The lowest BCUT2D eigenvalue weighted by molar-refractivity contribution is 0.245. The van der Waals surface area contributed by atoms with Gasteiger partial charge in [0.25, 0.3) is 0 Å². The molecule has 0 amide bonds. The van der Waals surface area contributed by atoms with Crippen LogP contribution in [-0.2, 0) is 6.42 Å². The van der Waals surface area contributed by atoms with E-state index < -0.39 is 0 Å². The number of hydrogen-bond donors (Lipinski definition) is 1. The first-order valence-corrected chi connectivity index (χ1v) is 6.49. The average Bonchev–Trinajstić information content (AvgIpc) is 2.30. The van der Waals surface area contributed by atoms with Crippen molar-refractivity contribution in [2.75, 3.05) is 7.05 Å². The van der Waals surface area contributed by atoms with Gasteiger partial charge in [-0.2, -0.15) is 0 Å². The summed E-state index contributed by atoms with van der Waals surface area (Å²) in [5, 5.41) is 3.59. The summed E-state index contributed by atoms with van der Waals surface area (Å²) in [6, 6.07) is 8.95. The third-order valence-corrected chi connectivity index (χ3v) is 3.97. The van der Waals surface area contributed by atoms with Crippen LogP contribution in [0.4, 0.5) is 0 Å². The molecule has 0 heterocycles. The molecule has 2 rings (SSSR count). The van der Waals surface area contributed by atoms with Crippen LogP contribution in [0.25, 0.3) is 0 Å². The minimum atomic E-state index is 0.367. The Balaban J connectivity index is 2.11. The third-order valence-electron chi connectivity index (χ3n) is 3.97. The highest BCUT2D eigenvalue weighted by Crippen LogP contribution is 2.31. The number of rotatable bonds is 3. The molecule has 0 atom stereocenters. The predicted molar refractivity (Wildman–Crippen MR) is 69.8 cm³/mol. The van der Waals surface area contributed by atoms with E-state index in [0.717, 1.165) is 0 Å². The van der Waals surface area contributed by atoms with Crippen LogP contribution >= 0.6 is 0 Å². The molecule has 0 bridgehead atoms. The maximum atomic E-state index is 3.59. The van der Waals surface area contributed by atoms with Gasteiger partial charge >= 0.3 is 0 Å². The van der Waals surface area contributed by atoms with Crippen molar-refractivity contribution in [1.29, 1.82) is 0 Å². The smallest absolute Gasteiger partial charge is 0.0218 e. The quantitative estimate of drug-likeness (QED) is 0.817. The summed E-state index contributed by atoms with van der Waals surface area (Å²) >= 11 is 0. The van der Waals surface area contributed by atoms with Crippen LogP contribution in [0.1, 0.15) is 43.2 Å². The first-order valence-electron chi connectivity index (χ1n) is 6.49. The Morgan fingerprint density at radius 2 is 1.94 bits per heavy atom. The molecule has 1 fully saturated rings. The van der Waals surface area contributed by atoms with Gasteiger partial charge in [0, 0.05) is 5.54 Å². The molecule has 1 aromatic carbocycles. The normalized spacial score (nSPS) is 19.6. The van der Waals surface area contributed by atoms with E-state index in [-0.39, 0.29) is 0 Å². The summed E-state index contributed by atoms with van der Waals surface area (Å²) in [5.41, 5.74) is 3.22. The summed E-state index contributed by atoms with van der Waals surface area (Å²) in [6.45, 7) is 2.18. The molecule has 0 aromatic heterocycles. The number of likely N-dealkylation sites (N-methyl/N-ethyl adjacent to an activating group) is 1. The van der Waals surface area contributed by atoms with E-state index in [1.54, 1.807) is 0 Å². The van der Waals surface area contributed by atoms with Crippen LogP contribution < -0.4 is 5.32 Å². The summed E-state index contributed by atoms with van der Waals surface area (Å²) in [6.07, 6.45) is 8.02. The van der Waals surface area contributed by atoms with Crippen molar-refractivity contribution in [2.24, 2.45) is 0 Å². The van der Waals surface area contributed by atoms with Crippen molar-refractivity contribution in [3.05, 3.63) is 35.4 Å². The van der Waals surface area contributed by atoms with Crippen molar-refractivity contribution in [3.8, 4) is 0 Å². The zero-order chi connectivity index (χ0) is 11.4. The number of benzene rings is 1. The van der Waals surface area contributed by atoms with Gasteiger partial charge in [-0.25, -0.2) is 0 Å². The van der Waals surface area contributed by atoms with E-state index in [9.17, 15) is 0 Å². The Kier molecular flexibility index (Phi) is 3.65. The Morgan fingerprint density at radius 1 is 1.19 bits per heavy atom. The molecule has 0 spiro atoms. The maximum absolute atomic E-state index is 3.59. The Bertz CT molecular complexity index is 337. The topological polar surface area (TPSA) is 12.0 Å². The highest BCUT2D eigenvalue weighted by Gasteiger charge is 2.30. The molecule has 0 unspecified atom stereocenters. The lowest BCUT2D eigenvalue weighted by Gasteiger charge is -2.37. The Labute approximate surface area is 99.3 Å². The standard InChI is InChI=1S/C15H23N/c1-13-7-6-8-14(11-13)12-15(16-2)9-4-3-5-10-15/h6-8,11,16H,3-5,9-10,12H2,1-2H3. The van der Waals surface area contributed by atoms with Gasteiger partial charge in [0.1, 0.15) is 0 Å². The van der Waals surface area contributed by atoms with E-state index in [2.05, 4.69) is 43.6 Å². The second kappa shape index (κ2) is 5.01. The fourth-order valence-corrected chi connectivity index (χ4v) is 2.96. The second-order valence-corrected chi connectivity index (χ2v) is 5.26. The second-order valence-electron chi connectivity index (χ2n) is 5.26. The highest BCUT2D eigenvalue weighted by molar-refractivity contribution is 5.24. The number of hydrogen-bond acceptors (Lipinski definition) is 1. The number of aryl methyl sites for hydroxylation is 1. The van der Waals surface area contributed by atoms with E-state index in [1.165, 1.54) is 49.7 Å². The lowest BCUT2D eigenvalue weighted by Crippen LogP contribution is -2.46. The van der Waals surface area contributed by atoms with Gasteiger partial charge in [0.05, 0.1) is 0 Å². The minimum Gasteiger partial charge on any atom is -0.314 e. The lowest BCUT2D eigenvalue weighted by atomic mass is 9.77. The van der Waals surface area contributed by atoms with Gasteiger partial charge in [0.2, 0.25) is 0 Å². The fourth-order valence-electron chi connectivity index (χ4n) is 2.96. The van der Waals surface area contributed by atoms with Crippen LogP contribution in [0.2, 0.25) is 0 Å². The zero-order valence-electron chi connectivity index (χ0n) is 10.6. The molecule has 1 saturated carbocycles. The highest BCUT2D eigenvalue weighted by atomic mass is 14.9. The number of nitrogens with one attached hydrogen (secondary N) is 1. The van der Waals surface area contributed by atoms with E-state index in [0.29, 0.717) is 5.54 Å². The third kappa shape index (κ3) is 2.65. The molecule has 1 heteroatoms. The Morgan fingerprint density at radius 3 is 2.56 bits per heavy atom. The van der Waals surface area contributed by atoms with Crippen LogP contribution in [0.15, 0.2) is 24.3 Å². The van der Waals surface area contributed by atoms with Crippen molar-refractivity contribution in [3.63, 3.8) is 0 Å². The van der Waals surface area contributed by atoms with Gasteiger partial charge < -0.3 is 5.32 Å². The molecule has 0 radical (unpaired) electrons. The SMILES string of the molecule is CNC1(Cc2cccc(C)c2)CCCCC1. The summed E-state index contributed by atoms with van der Waals surface area (Å²) in [7, 11) is 2.13. The van der Waals surface area contributed by atoms with Crippen LogP contribution in [0.3, 0.4) is 0 Å². The molecular weight excluding hydrogens is 194 g/mol. The Hall–Kier alpha value is -0.820. The molecule has 16 heavy (non-hydrogen) atoms. The van der Waals surface area contributed by atoms with Crippen LogP contribution in [-0.4, -0.2) is 12.6 Å². The largest absolute Gasteiger partial charge is 0.314 e. The van der Waals surface area contributed by atoms with Crippen LogP contribution in [0.5, 0.6) is 0 Å². The van der Waals surface area contributed by atoms with Crippen molar-refractivity contribution >= 4 is 0 Å². The van der Waals surface area contributed by atoms with E-state index in [4.69, 9.17) is 0 Å². The minimum absolute atomic E-state index is 0.367. The first-order chi connectivity index (χ1) is 7.74. The maximum Gasteiger partial charge on any atom is 0.0218 e. The van der Waals surface area contributed by atoms with Crippen molar-refractivity contribution in [2.45, 2.75) is 51.0 Å². The monoisotopic (exact) mass is 217 g/mol. The van der Waals surface area contributed by atoms with Gasteiger partial charge in [-0.3, -0.25) is 0 Å². The zero-order valence-corrected chi connectivity index (χ0v) is 10.6. The van der Waals surface area contributed by atoms with E-state index >= 15 is 0 Å². The van der Waals surface area contributed by atoms with Crippen molar-refractivity contribution < 1.29 is 0 Å². The average molecular weight is 217 g/mol. The van der Waals surface area contributed by atoms with Gasteiger partial charge in [0.15, 0.2) is 0 Å². The first kappa shape index (κ1) is 11.7. The molecule has 0 aliphatic heterocycles. The summed E-state index contributed by atoms with van der Waals surface area (Å²) in [5.74, 6) is 0. The molecule has 1 nitrogen and oxygen atoms in total. The fraction of sp³-hybridized carbons (Fsp3) is 0.600. The molecule has 0 saturated heterocycles. The van der Waals surface area contributed by atoms with Crippen LogP contribution in [0, 0.1) is 6.92 Å². The molecule has 1 aromatic rings. The predicted octanol–water partition coefficient (Wildman–Crippen LogP) is 3.46. The van der Waals surface area contributed by atoms with Gasteiger partial charge in [-0.1, -0.05) is 49.1 Å². The molecule has 1 N–H and O–H groups in total. The van der Waals surface area contributed by atoms with Gasteiger partial charge in [-0.05, 0) is 38.8 Å². The molecule has 1 aliphatic carbocycles. The molecule has 1 aliphatic rings. The van der Waals surface area contributed by atoms with Crippen molar-refractivity contribution in [1.82, 2.24) is 5.32 Å². The van der Waals surface area contributed by atoms with E-state index in [1.807, 2.05) is 0 Å². The molecular formula is C15H23N. The summed E-state index contributed by atoms with van der Waals surface area (Å²) in [4.78, 5) is 0. The van der Waals surface area contributed by atoms with Gasteiger partial charge in [-0.15, -0.1) is 0 Å².